The lowest BCUT2D eigenvalue weighted by atomic mass is 10.1. The van der Waals surface area contributed by atoms with Crippen molar-refractivity contribution in [1.82, 2.24) is 0 Å². The number of carbonyl (C=O) groups is 2. The van der Waals surface area contributed by atoms with Crippen LogP contribution in [0.1, 0.15) is 5.56 Å². The summed E-state index contributed by atoms with van der Waals surface area (Å²) in [5.74, 6) is -2.54. The standard InChI is InChI=1S/C13H12Cl2O4/c1-18-11(16)9-10(12(17)19-2)13(9,15)7-3-5-8(14)6-4-7/h3-6,9-10H,1-2H3/t9-,10-/m0/s1. The Kier molecular flexibility index (Phi) is 3.74. The van der Waals surface area contributed by atoms with Crippen molar-refractivity contribution in [1.29, 1.82) is 0 Å². The number of rotatable bonds is 3. The van der Waals surface area contributed by atoms with Gasteiger partial charge in [0.2, 0.25) is 0 Å². The zero-order valence-corrected chi connectivity index (χ0v) is 11.9. The van der Waals surface area contributed by atoms with Crippen LogP contribution in [-0.4, -0.2) is 26.2 Å². The van der Waals surface area contributed by atoms with Crippen LogP contribution in [0.3, 0.4) is 0 Å². The third-order valence-corrected chi connectivity index (χ3v) is 4.27. The molecule has 1 aliphatic carbocycles. The van der Waals surface area contributed by atoms with Crippen LogP contribution in [0.5, 0.6) is 0 Å². The van der Waals surface area contributed by atoms with Gasteiger partial charge in [0.05, 0.1) is 30.9 Å². The van der Waals surface area contributed by atoms with Crippen molar-refractivity contribution in [2.45, 2.75) is 4.87 Å². The van der Waals surface area contributed by atoms with E-state index >= 15 is 0 Å². The number of esters is 2. The summed E-state index contributed by atoms with van der Waals surface area (Å²) >= 11 is 12.3. The molecule has 0 amide bonds. The number of ether oxygens (including phenoxy) is 2. The molecular formula is C13H12Cl2O4. The zero-order chi connectivity index (χ0) is 14.2. The van der Waals surface area contributed by atoms with Crippen molar-refractivity contribution in [3.8, 4) is 0 Å². The van der Waals surface area contributed by atoms with E-state index < -0.39 is 28.6 Å². The number of hydrogen-bond acceptors (Lipinski definition) is 4. The van der Waals surface area contributed by atoms with Gasteiger partial charge in [-0.1, -0.05) is 23.7 Å². The first-order valence-corrected chi connectivity index (χ1v) is 6.33. The summed E-state index contributed by atoms with van der Waals surface area (Å²) in [7, 11) is 2.52. The molecule has 0 saturated heterocycles. The molecule has 1 aromatic carbocycles. The predicted octanol–water partition coefficient (Wildman–Crippen LogP) is 2.37. The van der Waals surface area contributed by atoms with Gasteiger partial charge in [-0.3, -0.25) is 9.59 Å². The first-order valence-electron chi connectivity index (χ1n) is 5.57. The molecule has 0 N–H and O–H groups in total. The van der Waals surface area contributed by atoms with Crippen molar-refractivity contribution in [3.05, 3.63) is 34.9 Å². The molecule has 1 saturated carbocycles. The van der Waals surface area contributed by atoms with E-state index in [-0.39, 0.29) is 0 Å². The largest absolute Gasteiger partial charge is 0.469 e. The van der Waals surface area contributed by atoms with E-state index in [1.54, 1.807) is 24.3 Å². The number of halogens is 2. The van der Waals surface area contributed by atoms with Crippen LogP contribution in [0.25, 0.3) is 0 Å². The van der Waals surface area contributed by atoms with Gasteiger partial charge >= 0.3 is 11.9 Å². The number of carbonyl (C=O) groups excluding carboxylic acids is 2. The van der Waals surface area contributed by atoms with Crippen molar-refractivity contribution in [2.24, 2.45) is 11.8 Å². The minimum Gasteiger partial charge on any atom is -0.469 e. The molecule has 0 aliphatic heterocycles. The minimum atomic E-state index is -1.12. The van der Waals surface area contributed by atoms with Crippen molar-refractivity contribution < 1.29 is 19.1 Å². The number of hydrogen-bond donors (Lipinski definition) is 0. The van der Waals surface area contributed by atoms with Crippen LogP contribution in [0, 0.1) is 11.8 Å². The maximum Gasteiger partial charge on any atom is 0.311 e. The molecular weight excluding hydrogens is 291 g/mol. The van der Waals surface area contributed by atoms with Crippen molar-refractivity contribution >= 4 is 35.1 Å². The molecule has 1 fully saturated rings. The van der Waals surface area contributed by atoms with Crippen molar-refractivity contribution in [3.63, 3.8) is 0 Å². The van der Waals surface area contributed by atoms with Gasteiger partial charge < -0.3 is 9.47 Å². The fourth-order valence-corrected chi connectivity index (χ4v) is 2.91. The molecule has 0 spiro atoms. The number of methoxy groups -OCH3 is 2. The van der Waals surface area contributed by atoms with E-state index in [1.165, 1.54) is 14.2 Å². The first-order chi connectivity index (χ1) is 8.96. The van der Waals surface area contributed by atoms with Gasteiger partial charge in [-0.05, 0) is 17.7 Å². The van der Waals surface area contributed by atoms with Gasteiger partial charge in [0.25, 0.3) is 0 Å². The van der Waals surface area contributed by atoms with Crippen LogP contribution in [0.2, 0.25) is 5.02 Å². The van der Waals surface area contributed by atoms with Crippen LogP contribution in [0.4, 0.5) is 0 Å². The van der Waals surface area contributed by atoms with E-state index in [9.17, 15) is 9.59 Å². The third kappa shape index (κ3) is 2.19. The average molecular weight is 303 g/mol. The quantitative estimate of drug-likeness (QED) is 0.635. The smallest absolute Gasteiger partial charge is 0.311 e. The molecule has 0 unspecified atom stereocenters. The second-order valence-corrected chi connectivity index (χ2v) is 5.34. The molecule has 0 radical (unpaired) electrons. The highest BCUT2D eigenvalue weighted by atomic mass is 35.5. The molecule has 2 rings (SSSR count). The van der Waals surface area contributed by atoms with Gasteiger partial charge in [-0.25, -0.2) is 0 Å². The highest BCUT2D eigenvalue weighted by molar-refractivity contribution is 6.32. The molecule has 1 aromatic rings. The zero-order valence-electron chi connectivity index (χ0n) is 10.4. The normalized spacial score (nSPS) is 28.6. The van der Waals surface area contributed by atoms with E-state index in [1.807, 2.05) is 0 Å². The van der Waals surface area contributed by atoms with Gasteiger partial charge in [0.15, 0.2) is 0 Å². The summed E-state index contributed by atoms with van der Waals surface area (Å²) in [4.78, 5) is 22.3. The van der Waals surface area contributed by atoms with E-state index in [0.717, 1.165) is 0 Å². The summed E-state index contributed by atoms with van der Waals surface area (Å²) in [6.07, 6.45) is 0. The topological polar surface area (TPSA) is 52.6 Å². The molecule has 19 heavy (non-hydrogen) atoms. The fourth-order valence-electron chi connectivity index (χ4n) is 2.29. The molecule has 0 heterocycles. The lowest BCUT2D eigenvalue weighted by Crippen LogP contribution is -2.11. The Morgan fingerprint density at radius 1 is 1.05 bits per heavy atom. The number of alkyl halides is 1. The third-order valence-electron chi connectivity index (χ3n) is 3.33. The van der Waals surface area contributed by atoms with Crippen LogP contribution in [-0.2, 0) is 23.9 Å². The SMILES string of the molecule is COC(=O)[C@@H]1[C@@H](C(=O)OC)C1(Cl)c1ccc(Cl)cc1. The highest BCUT2D eigenvalue weighted by Gasteiger charge is 2.73. The van der Waals surface area contributed by atoms with Crippen molar-refractivity contribution in [2.75, 3.05) is 14.2 Å². The van der Waals surface area contributed by atoms with E-state index in [0.29, 0.717) is 10.6 Å². The van der Waals surface area contributed by atoms with Crippen LogP contribution < -0.4 is 0 Å². The van der Waals surface area contributed by atoms with Crippen LogP contribution in [0.15, 0.2) is 24.3 Å². The molecule has 6 heteroatoms. The van der Waals surface area contributed by atoms with Gasteiger partial charge in [-0.15, -0.1) is 11.6 Å². The summed E-state index contributed by atoms with van der Waals surface area (Å²) < 4.78 is 9.36. The molecule has 4 nitrogen and oxygen atoms in total. The lowest BCUT2D eigenvalue weighted by Gasteiger charge is -2.09. The Bertz CT molecular complexity index is 490. The highest BCUT2D eigenvalue weighted by Crippen LogP contribution is 2.64. The Morgan fingerprint density at radius 2 is 1.47 bits per heavy atom. The van der Waals surface area contributed by atoms with E-state index in [2.05, 4.69) is 9.47 Å². The second-order valence-electron chi connectivity index (χ2n) is 4.28. The average Bonchev–Trinajstić information content (AvgIpc) is 3.05. The van der Waals surface area contributed by atoms with Crippen LogP contribution >= 0.6 is 23.2 Å². The summed E-state index contributed by atoms with van der Waals surface area (Å²) in [5, 5.41) is 0.550. The molecule has 0 aromatic heterocycles. The minimum absolute atomic E-state index is 0.527. The van der Waals surface area contributed by atoms with Gasteiger partial charge in [0, 0.05) is 5.02 Å². The Labute approximate surface area is 120 Å². The summed E-state index contributed by atoms with van der Waals surface area (Å²) in [6.45, 7) is 0. The number of benzene rings is 1. The Hall–Kier alpha value is -1.26. The predicted molar refractivity (Wildman–Crippen MR) is 70.0 cm³/mol. The van der Waals surface area contributed by atoms with Gasteiger partial charge in [0.1, 0.15) is 0 Å². The fraction of sp³-hybridized carbons (Fsp3) is 0.385. The summed E-state index contributed by atoms with van der Waals surface area (Å²) in [5.41, 5.74) is 0.643. The molecule has 1 aliphatic rings. The van der Waals surface area contributed by atoms with Gasteiger partial charge in [-0.2, -0.15) is 0 Å². The maximum atomic E-state index is 11.7. The maximum absolute atomic E-state index is 11.7. The summed E-state index contributed by atoms with van der Waals surface area (Å²) in [6, 6.07) is 6.69. The van der Waals surface area contributed by atoms with E-state index in [4.69, 9.17) is 23.2 Å². The molecule has 2 atom stereocenters. The first kappa shape index (κ1) is 14.2. The molecule has 102 valence electrons. The second kappa shape index (κ2) is 5.02. The Balaban J connectivity index is 2.37. The Morgan fingerprint density at radius 3 is 1.84 bits per heavy atom. The monoisotopic (exact) mass is 302 g/mol. The molecule has 0 bridgehead atoms. The lowest BCUT2D eigenvalue weighted by molar-refractivity contribution is -0.148.